The van der Waals surface area contributed by atoms with Crippen LogP contribution in [0.2, 0.25) is 0 Å². The highest BCUT2D eigenvalue weighted by molar-refractivity contribution is 5.32. The summed E-state index contributed by atoms with van der Waals surface area (Å²) in [5.41, 5.74) is 4.77. The first-order valence-corrected chi connectivity index (χ1v) is 10.8. The quantitative estimate of drug-likeness (QED) is 0.552. The molecule has 0 amide bonds. The van der Waals surface area contributed by atoms with E-state index < -0.39 is 0 Å². The number of methoxy groups -OCH3 is 1. The Morgan fingerprint density at radius 3 is 2.77 bits per heavy atom. The van der Waals surface area contributed by atoms with E-state index in [0.29, 0.717) is 6.61 Å². The van der Waals surface area contributed by atoms with Gasteiger partial charge in [-0.2, -0.15) is 5.10 Å². The molecule has 1 fully saturated rings. The fourth-order valence-electron chi connectivity index (χ4n) is 3.98. The zero-order valence-electron chi connectivity index (χ0n) is 18.6. The summed E-state index contributed by atoms with van der Waals surface area (Å²) in [4.78, 5) is 2.45. The van der Waals surface area contributed by atoms with Crippen LogP contribution in [0.5, 0.6) is 11.5 Å². The van der Waals surface area contributed by atoms with Crippen LogP contribution in [0, 0.1) is 6.92 Å². The molecule has 6 nitrogen and oxygen atoms in total. The number of benzene rings is 2. The number of rotatable bonds is 8. The van der Waals surface area contributed by atoms with E-state index in [1.54, 1.807) is 7.11 Å². The second-order valence-corrected chi connectivity index (χ2v) is 8.05. The van der Waals surface area contributed by atoms with Gasteiger partial charge in [0, 0.05) is 44.9 Å². The lowest BCUT2D eigenvalue weighted by Gasteiger charge is -2.32. The van der Waals surface area contributed by atoms with E-state index in [-0.39, 0.29) is 6.10 Å². The molecule has 1 aliphatic heterocycles. The zero-order valence-corrected chi connectivity index (χ0v) is 18.6. The van der Waals surface area contributed by atoms with Gasteiger partial charge in [0.2, 0.25) is 0 Å². The van der Waals surface area contributed by atoms with Gasteiger partial charge in [0.05, 0.1) is 26.0 Å². The Kier molecular flexibility index (Phi) is 6.89. The van der Waals surface area contributed by atoms with Crippen LogP contribution in [-0.4, -0.2) is 48.1 Å². The number of aromatic nitrogens is 2. The average molecular weight is 422 g/mol. The van der Waals surface area contributed by atoms with Crippen molar-refractivity contribution in [1.29, 1.82) is 0 Å². The number of ether oxygens (including phenoxy) is 3. The zero-order chi connectivity index (χ0) is 21.6. The molecule has 1 saturated heterocycles. The van der Waals surface area contributed by atoms with Gasteiger partial charge in [-0.05, 0) is 30.7 Å². The maximum absolute atomic E-state index is 6.06. The van der Waals surface area contributed by atoms with E-state index >= 15 is 0 Å². The Balaban J connectivity index is 1.34. The van der Waals surface area contributed by atoms with Gasteiger partial charge in [0.1, 0.15) is 17.6 Å². The van der Waals surface area contributed by atoms with Crippen molar-refractivity contribution < 1.29 is 14.2 Å². The molecular formula is C25H31N3O3. The van der Waals surface area contributed by atoms with Crippen LogP contribution in [-0.2, 0) is 24.8 Å². The van der Waals surface area contributed by atoms with Crippen LogP contribution >= 0.6 is 0 Å². The average Bonchev–Trinajstić information content (AvgIpc) is 3.15. The SMILES string of the molecule is COc1cccc(OCCc2cc([C@H]3CN(Cc4cccc(C)c4)CCO3)nn2C)c1. The molecule has 0 N–H and O–H groups in total. The van der Waals surface area contributed by atoms with Gasteiger partial charge in [-0.3, -0.25) is 9.58 Å². The molecule has 164 valence electrons. The van der Waals surface area contributed by atoms with Crippen molar-refractivity contribution in [3.8, 4) is 11.5 Å². The van der Waals surface area contributed by atoms with Crippen LogP contribution < -0.4 is 9.47 Å². The summed E-state index contributed by atoms with van der Waals surface area (Å²) >= 11 is 0. The molecule has 31 heavy (non-hydrogen) atoms. The largest absolute Gasteiger partial charge is 0.497 e. The molecule has 4 rings (SSSR count). The maximum Gasteiger partial charge on any atom is 0.123 e. The van der Waals surface area contributed by atoms with Crippen LogP contribution in [0.4, 0.5) is 0 Å². The lowest BCUT2D eigenvalue weighted by Crippen LogP contribution is -2.38. The van der Waals surface area contributed by atoms with Gasteiger partial charge >= 0.3 is 0 Å². The lowest BCUT2D eigenvalue weighted by molar-refractivity contribution is -0.0352. The minimum absolute atomic E-state index is 0.00203. The van der Waals surface area contributed by atoms with Crippen LogP contribution in [0.15, 0.2) is 54.6 Å². The molecule has 6 heteroatoms. The van der Waals surface area contributed by atoms with Crippen molar-refractivity contribution >= 4 is 0 Å². The van der Waals surface area contributed by atoms with Crippen molar-refractivity contribution in [2.45, 2.75) is 26.0 Å². The van der Waals surface area contributed by atoms with Crippen molar-refractivity contribution in [1.82, 2.24) is 14.7 Å². The molecule has 0 unspecified atom stereocenters. The molecular weight excluding hydrogens is 390 g/mol. The summed E-state index contributed by atoms with van der Waals surface area (Å²) in [7, 11) is 3.64. The van der Waals surface area contributed by atoms with Gasteiger partial charge in [-0.15, -0.1) is 0 Å². The van der Waals surface area contributed by atoms with Gasteiger partial charge < -0.3 is 14.2 Å². The van der Waals surface area contributed by atoms with E-state index in [1.807, 2.05) is 36.0 Å². The van der Waals surface area contributed by atoms with Gasteiger partial charge in [0.15, 0.2) is 0 Å². The number of morpholine rings is 1. The molecule has 2 heterocycles. The molecule has 0 saturated carbocycles. The minimum atomic E-state index is -0.00203. The van der Waals surface area contributed by atoms with E-state index in [4.69, 9.17) is 19.3 Å². The third-order valence-electron chi connectivity index (χ3n) is 5.63. The molecule has 3 aromatic rings. The Hall–Kier alpha value is -2.83. The fraction of sp³-hybridized carbons (Fsp3) is 0.400. The van der Waals surface area contributed by atoms with E-state index in [0.717, 1.165) is 55.5 Å². The predicted molar refractivity (Wildman–Crippen MR) is 121 cm³/mol. The van der Waals surface area contributed by atoms with Crippen LogP contribution in [0.25, 0.3) is 0 Å². The minimum Gasteiger partial charge on any atom is -0.497 e. The van der Waals surface area contributed by atoms with Gasteiger partial charge in [0.25, 0.3) is 0 Å². The molecule has 1 aromatic heterocycles. The smallest absolute Gasteiger partial charge is 0.123 e. The second-order valence-electron chi connectivity index (χ2n) is 8.05. The van der Waals surface area contributed by atoms with E-state index in [1.165, 1.54) is 11.1 Å². The summed E-state index contributed by atoms with van der Waals surface area (Å²) in [6, 6.07) is 18.5. The highest BCUT2D eigenvalue weighted by atomic mass is 16.5. The number of aryl methyl sites for hydroxylation is 2. The summed E-state index contributed by atoms with van der Waals surface area (Å²) in [6.45, 7) is 6.18. The van der Waals surface area contributed by atoms with E-state index in [2.05, 4.69) is 42.2 Å². The van der Waals surface area contributed by atoms with E-state index in [9.17, 15) is 0 Å². The maximum atomic E-state index is 6.06. The highest BCUT2D eigenvalue weighted by Crippen LogP contribution is 2.24. The summed E-state index contributed by atoms with van der Waals surface area (Å²) in [5.74, 6) is 1.61. The van der Waals surface area contributed by atoms with Gasteiger partial charge in [-0.25, -0.2) is 0 Å². The van der Waals surface area contributed by atoms with Crippen molar-refractivity contribution in [2.24, 2.45) is 7.05 Å². The van der Waals surface area contributed by atoms with Gasteiger partial charge in [-0.1, -0.05) is 35.9 Å². The molecule has 1 atom stereocenters. The normalized spacial score (nSPS) is 16.9. The molecule has 0 aliphatic carbocycles. The van der Waals surface area contributed by atoms with Crippen LogP contribution in [0.3, 0.4) is 0 Å². The number of hydrogen-bond acceptors (Lipinski definition) is 5. The van der Waals surface area contributed by atoms with Crippen molar-refractivity contribution in [3.63, 3.8) is 0 Å². The lowest BCUT2D eigenvalue weighted by atomic mass is 10.1. The Morgan fingerprint density at radius 2 is 1.94 bits per heavy atom. The molecule has 0 spiro atoms. The number of hydrogen-bond donors (Lipinski definition) is 0. The monoisotopic (exact) mass is 421 g/mol. The van der Waals surface area contributed by atoms with Crippen molar-refractivity contribution in [2.75, 3.05) is 33.4 Å². The first kappa shape index (κ1) is 21.4. The first-order valence-electron chi connectivity index (χ1n) is 10.8. The standard InChI is InChI=1S/C25H31N3O3/c1-19-6-4-7-20(14-19)17-28-11-13-31-25(18-28)24-15-21(27(2)26-24)10-12-30-23-9-5-8-22(16-23)29-3/h4-9,14-16,25H,10-13,17-18H2,1-3H3/t25-/m1/s1. The molecule has 2 aromatic carbocycles. The summed E-state index contributed by atoms with van der Waals surface area (Å²) in [5, 5.41) is 4.73. The topological polar surface area (TPSA) is 48.8 Å². The Labute approximate surface area is 184 Å². The Bertz CT molecular complexity index is 1000. The molecule has 1 aliphatic rings. The first-order chi connectivity index (χ1) is 15.1. The summed E-state index contributed by atoms with van der Waals surface area (Å²) < 4.78 is 19.1. The fourth-order valence-corrected chi connectivity index (χ4v) is 3.98. The van der Waals surface area contributed by atoms with Crippen molar-refractivity contribution in [3.05, 3.63) is 77.1 Å². The molecule has 0 bridgehead atoms. The Morgan fingerprint density at radius 1 is 1.10 bits per heavy atom. The van der Waals surface area contributed by atoms with Crippen LogP contribution in [0.1, 0.15) is 28.6 Å². The number of nitrogens with zero attached hydrogens (tertiary/aromatic N) is 3. The predicted octanol–water partition coefficient (Wildman–Crippen LogP) is 3.93. The molecule has 0 radical (unpaired) electrons. The third-order valence-corrected chi connectivity index (χ3v) is 5.63. The third kappa shape index (κ3) is 5.66. The highest BCUT2D eigenvalue weighted by Gasteiger charge is 2.25. The summed E-state index contributed by atoms with van der Waals surface area (Å²) in [6.07, 6.45) is 0.776. The second kappa shape index (κ2) is 9.98.